The average molecular weight is 314 g/mol. The summed E-state index contributed by atoms with van der Waals surface area (Å²) in [6.45, 7) is 9.75. The van der Waals surface area contributed by atoms with Crippen LogP contribution in [-0.2, 0) is 19.0 Å². The third kappa shape index (κ3) is 12.2. The summed E-state index contributed by atoms with van der Waals surface area (Å²) in [6.07, 6.45) is 5.06. The van der Waals surface area contributed by atoms with Crippen molar-refractivity contribution in [2.24, 2.45) is 0 Å². The van der Waals surface area contributed by atoms with Crippen molar-refractivity contribution in [3.05, 3.63) is 12.2 Å². The van der Waals surface area contributed by atoms with Gasteiger partial charge in [0.15, 0.2) is 0 Å². The summed E-state index contributed by atoms with van der Waals surface area (Å²) in [5, 5.41) is 0. The highest BCUT2D eigenvalue weighted by Gasteiger charge is 2.13. The average Bonchev–Trinajstić information content (AvgIpc) is 2.48. The molecule has 5 heteroatoms. The molecule has 0 aliphatic carbocycles. The van der Waals surface area contributed by atoms with Gasteiger partial charge in [0.2, 0.25) is 0 Å². The first-order valence-electron chi connectivity index (χ1n) is 8.13. The smallest absolute Gasteiger partial charge is 0.462 e. The molecule has 0 rings (SSSR count). The van der Waals surface area contributed by atoms with Crippen LogP contribution in [0.5, 0.6) is 0 Å². The molecule has 0 spiro atoms. The monoisotopic (exact) mass is 314 g/mol. The predicted molar refractivity (Wildman–Crippen MR) is 85.7 cm³/mol. The van der Waals surface area contributed by atoms with E-state index in [1.54, 1.807) is 0 Å². The Balaban J connectivity index is 3.70. The van der Waals surface area contributed by atoms with Gasteiger partial charge in [0.05, 0.1) is 0 Å². The summed E-state index contributed by atoms with van der Waals surface area (Å²) in [5.41, 5.74) is 0.936. The Labute approximate surface area is 134 Å². The summed E-state index contributed by atoms with van der Waals surface area (Å²) in [4.78, 5) is 22.8. The first kappa shape index (κ1) is 20.5. The molecule has 1 unspecified atom stereocenters. The molecule has 0 heterocycles. The summed E-state index contributed by atoms with van der Waals surface area (Å²) >= 11 is 0. The van der Waals surface area contributed by atoms with Crippen LogP contribution < -0.4 is 0 Å². The standard InChI is InChI=1S/C17H30O5/c1-5-7-8-9-15(6-2)22-17(19)21-13-12-20-16(18)11-10-14(3)4/h15H,3,5-13H2,1-2,4H3. The normalized spacial score (nSPS) is 11.6. The predicted octanol–water partition coefficient (Wildman–Crippen LogP) is 4.40. The number of hydrogen-bond acceptors (Lipinski definition) is 5. The van der Waals surface area contributed by atoms with Gasteiger partial charge in [0.25, 0.3) is 0 Å². The van der Waals surface area contributed by atoms with Crippen molar-refractivity contribution in [3.8, 4) is 0 Å². The van der Waals surface area contributed by atoms with Gasteiger partial charge in [-0.1, -0.05) is 32.3 Å². The molecule has 0 radical (unpaired) electrons. The molecule has 5 nitrogen and oxygen atoms in total. The minimum absolute atomic E-state index is 0.0169. The van der Waals surface area contributed by atoms with Gasteiger partial charge >= 0.3 is 12.1 Å². The summed E-state index contributed by atoms with van der Waals surface area (Å²) < 4.78 is 15.1. The Bertz CT molecular complexity index is 338. The largest absolute Gasteiger partial charge is 0.508 e. The minimum atomic E-state index is -0.693. The lowest BCUT2D eigenvalue weighted by Gasteiger charge is -2.15. The van der Waals surface area contributed by atoms with Gasteiger partial charge in [-0.05, 0) is 32.6 Å². The quantitative estimate of drug-likeness (QED) is 0.303. The maximum absolute atomic E-state index is 11.5. The van der Waals surface area contributed by atoms with Crippen LogP contribution >= 0.6 is 0 Å². The van der Waals surface area contributed by atoms with Crippen LogP contribution in [0.4, 0.5) is 4.79 Å². The molecule has 1 atom stereocenters. The molecule has 0 bridgehead atoms. The lowest BCUT2D eigenvalue weighted by Crippen LogP contribution is -2.20. The van der Waals surface area contributed by atoms with Gasteiger partial charge in [-0.15, -0.1) is 6.58 Å². The number of unbranched alkanes of at least 4 members (excludes halogenated alkanes) is 2. The van der Waals surface area contributed by atoms with Crippen LogP contribution in [0, 0.1) is 0 Å². The Morgan fingerprint density at radius 2 is 1.73 bits per heavy atom. The third-order valence-electron chi connectivity index (χ3n) is 3.17. The van der Waals surface area contributed by atoms with Crippen molar-refractivity contribution in [2.45, 2.75) is 71.8 Å². The molecule has 0 saturated carbocycles. The fraction of sp³-hybridized carbons (Fsp3) is 0.765. The molecule has 0 N–H and O–H groups in total. The second-order valence-electron chi connectivity index (χ2n) is 5.42. The Kier molecular flexibility index (Phi) is 12.3. The second kappa shape index (κ2) is 13.2. The van der Waals surface area contributed by atoms with Crippen LogP contribution in [0.25, 0.3) is 0 Å². The van der Waals surface area contributed by atoms with Crippen LogP contribution in [0.2, 0.25) is 0 Å². The van der Waals surface area contributed by atoms with Gasteiger partial charge in [-0.3, -0.25) is 4.79 Å². The van der Waals surface area contributed by atoms with E-state index in [4.69, 9.17) is 14.2 Å². The topological polar surface area (TPSA) is 61.8 Å². The molecule has 0 aromatic carbocycles. The van der Waals surface area contributed by atoms with Crippen LogP contribution in [0.15, 0.2) is 12.2 Å². The van der Waals surface area contributed by atoms with Crippen molar-refractivity contribution >= 4 is 12.1 Å². The Morgan fingerprint density at radius 3 is 2.32 bits per heavy atom. The van der Waals surface area contributed by atoms with Crippen molar-refractivity contribution in [2.75, 3.05) is 13.2 Å². The summed E-state index contributed by atoms with van der Waals surface area (Å²) in [7, 11) is 0. The molecule has 0 amide bonds. The zero-order valence-corrected chi connectivity index (χ0v) is 14.2. The highest BCUT2D eigenvalue weighted by Crippen LogP contribution is 2.11. The number of carbonyl (C=O) groups excluding carboxylic acids is 2. The van der Waals surface area contributed by atoms with Crippen LogP contribution in [0.1, 0.15) is 65.7 Å². The molecule has 0 fully saturated rings. The van der Waals surface area contributed by atoms with E-state index in [0.717, 1.165) is 37.7 Å². The molecular weight excluding hydrogens is 284 g/mol. The highest BCUT2D eigenvalue weighted by atomic mass is 16.7. The summed E-state index contributed by atoms with van der Waals surface area (Å²) in [6, 6.07) is 0. The van der Waals surface area contributed by atoms with Crippen molar-refractivity contribution in [1.82, 2.24) is 0 Å². The number of rotatable bonds is 12. The second-order valence-corrected chi connectivity index (χ2v) is 5.42. The van der Waals surface area contributed by atoms with Crippen molar-refractivity contribution < 1.29 is 23.8 Å². The Morgan fingerprint density at radius 1 is 1.05 bits per heavy atom. The zero-order valence-electron chi connectivity index (χ0n) is 14.2. The molecule has 0 saturated heterocycles. The SMILES string of the molecule is C=C(C)CCC(=O)OCCOC(=O)OC(CC)CCCCC. The fourth-order valence-electron chi connectivity index (χ4n) is 1.81. The fourth-order valence-corrected chi connectivity index (χ4v) is 1.81. The van der Waals surface area contributed by atoms with Crippen molar-refractivity contribution in [1.29, 1.82) is 0 Å². The van der Waals surface area contributed by atoms with Gasteiger partial charge in [0, 0.05) is 6.42 Å². The van der Waals surface area contributed by atoms with E-state index >= 15 is 0 Å². The maximum atomic E-state index is 11.5. The first-order chi connectivity index (χ1) is 10.5. The number of hydrogen-bond donors (Lipinski definition) is 0. The van der Waals surface area contributed by atoms with Gasteiger partial charge < -0.3 is 14.2 Å². The van der Waals surface area contributed by atoms with Crippen LogP contribution in [0.3, 0.4) is 0 Å². The van der Waals surface area contributed by atoms with Gasteiger partial charge in [0.1, 0.15) is 19.3 Å². The molecule has 0 aliphatic rings. The van der Waals surface area contributed by atoms with E-state index < -0.39 is 6.16 Å². The zero-order chi connectivity index (χ0) is 16.8. The molecular formula is C17H30O5. The number of esters is 1. The molecule has 0 aromatic heterocycles. The summed E-state index contributed by atoms with van der Waals surface area (Å²) in [5.74, 6) is -0.314. The van der Waals surface area contributed by atoms with Gasteiger partial charge in [-0.25, -0.2) is 4.79 Å². The van der Waals surface area contributed by atoms with Crippen molar-refractivity contribution in [3.63, 3.8) is 0 Å². The van der Waals surface area contributed by atoms with E-state index in [1.807, 2.05) is 13.8 Å². The molecule has 22 heavy (non-hydrogen) atoms. The lowest BCUT2D eigenvalue weighted by molar-refractivity contribution is -0.144. The number of carbonyl (C=O) groups is 2. The van der Waals surface area contributed by atoms with Gasteiger partial charge in [-0.2, -0.15) is 0 Å². The maximum Gasteiger partial charge on any atom is 0.508 e. The molecule has 0 aromatic rings. The minimum Gasteiger partial charge on any atom is -0.462 e. The third-order valence-corrected chi connectivity index (χ3v) is 3.17. The number of allylic oxidation sites excluding steroid dienone is 1. The van der Waals surface area contributed by atoms with E-state index in [2.05, 4.69) is 13.5 Å². The molecule has 0 aliphatic heterocycles. The van der Waals surface area contributed by atoms with E-state index in [0.29, 0.717) is 12.8 Å². The van der Waals surface area contributed by atoms with E-state index in [1.165, 1.54) is 0 Å². The first-order valence-corrected chi connectivity index (χ1v) is 8.13. The Hall–Kier alpha value is -1.52. The highest BCUT2D eigenvalue weighted by molar-refractivity contribution is 5.69. The van der Waals surface area contributed by atoms with Crippen LogP contribution in [-0.4, -0.2) is 31.4 Å². The number of ether oxygens (including phenoxy) is 3. The lowest BCUT2D eigenvalue weighted by atomic mass is 10.1. The molecule has 128 valence electrons. The van der Waals surface area contributed by atoms with E-state index in [9.17, 15) is 9.59 Å². The van der Waals surface area contributed by atoms with E-state index in [-0.39, 0.29) is 25.3 Å².